The molecule has 0 bridgehead atoms. The van der Waals surface area contributed by atoms with E-state index >= 15 is 0 Å². The molecule has 1 unspecified atom stereocenters. The van der Waals surface area contributed by atoms with E-state index in [0.717, 1.165) is 25.5 Å². The number of rotatable bonds is 2. The van der Waals surface area contributed by atoms with Crippen LogP contribution in [-0.4, -0.2) is 6.29 Å². The lowest BCUT2D eigenvalue weighted by Gasteiger charge is -2.11. The van der Waals surface area contributed by atoms with Crippen LogP contribution in [0, 0.1) is 5.92 Å². The molecule has 1 heteroatoms. The second-order valence-electron chi connectivity index (χ2n) is 4.11. The molecule has 0 spiro atoms. The monoisotopic (exact) mass is 192 g/mol. The van der Waals surface area contributed by atoms with Gasteiger partial charge in [0.25, 0.3) is 0 Å². The summed E-state index contributed by atoms with van der Waals surface area (Å²) in [6, 6.07) is 0. The highest BCUT2D eigenvalue weighted by Crippen LogP contribution is 2.18. The van der Waals surface area contributed by atoms with Crippen LogP contribution in [0.5, 0.6) is 0 Å². The van der Waals surface area contributed by atoms with E-state index in [0.29, 0.717) is 12.3 Å². The topological polar surface area (TPSA) is 17.1 Å². The predicted octanol–water partition coefficient (Wildman–Crippen LogP) is 3.66. The van der Waals surface area contributed by atoms with E-state index in [9.17, 15) is 4.79 Å². The Morgan fingerprint density at radius 3 is 3.14 bits per heavy atom. The van der Waals surface area contributed by atoms with Crippen molar-refractivity contribution in [1.29, 1.82) is 0 Å². The van der Waals surface area contributed by atoms with E-state index in [4.69, 9.17) is 0 Å². The normalized spacial score (nSPS) is 30.1. The minimum atomic E-state index is 0.467. The fraction of sp³-hybridized carbons (Fsp3) is 0.615. The molecular formula is C13H20O. The molecule has 0 fully saturated rings. The van der Waals surface area contributed by atoms with Crippen LogP contribution in [0.3, 0.4) is 0 Å². The summed E-state index contributed by atoms with van der Waals surface area (Å²) < 4.78 is 0. The molecule has 14 heavy (non-hydrogen) atoms. The van der Waals surface area contributed by atoms with Crippen LogP contribution in [0.4, 0.5) is 0 Å². The van der Waals surface area contributed by atoms with Crippen molar-refractivity contribution < 1.29 is 4.79 Å². The molecule has 0 heterocycles. The Hall–Kier alpha value is -0.850. The van der Waals surface area contributed by atoms with Crippen LogP contribution in [0.2, 0.25) is 0 Å². The molecule has 0 aromatic heterocycles. The molecule has 0 saturated carbocycles. The molecule has 0 aromatic carbocycles. The number of carbonyl (C=O) groups is 1. The lowest BCUT2D eigenvalue weighted by atomic mass is 9.95. The fourth-order valence-corrected chi connectivity index (χ4v) is 1.80. The highest BCUT2D eigenvalue weighted by molar-refractivity contribution is 5.50. The second kappa shape index (κ2) is 6.58. The average molecular weight is 192 g/mol. The molecule has 0 aliphatic heterocycles. The Kier molecular flexibility index (Phi) is 5.28. The van der Waals surface area contributed by atoms with Crippen LogP contribution in [0.25, 0.3) is 0 Å². The van der Waals surface area contributed by atoms with Gasteiger partial charge >= 0.3 is 0 Å². The molecular weight excluding hydrogens is 172 g/mol. The van der Waals surface area contributed by atoms with Gasteiger partial charge in [-0.1, -0.05) is 23.8 Å². The van der Waals surface area contributed by atoms with Gasteiger partial charge in [0.15, 0.2) is 0 Å². The first kappa shape index (κ1) is 11.2. The summed E-state index contributed by atoms with van der Waals surface area (Å²) in [5, 5.41) is 0. The van der Waals surface area contributed by atoms with E-state index in [1.165, 1.54) is 18.4 Å². The van der Waals surface area contributed by atoms with E-state index in [1.54, 1.807) is 0 Å². The Morgan fingerprint density at radius 1 is 1.50 bits per heavy atom. The maximum Gasteiger partial charge on any atom is 0.120 e. The minimum Gasteiger partial charge on any atom is -0.303 e. The first-order chi connectivity index (χ1) is 6.83. The highest BCUT2D eigenvalue weighted by Gasteiger charge is 2.05. The first-order valence-corrected chi connectivity index (χ1v) is 5.59. The van der Waals surface area contributed by atoms with Crippen LogP contribution in [0.15, 0.2) is 23.8 Å². The third-order valence-electron chi connectivity index (χ3n) is 2.78. The van der Waals surface area contributed by atoms with E-state index in [-0.39, 0.29) is 0 Å². The zero-order chi connectivity index (χ0) is 10.2. The Bertz CT molecular complexity index is 225. The standard InChI is InChI=1S/C13H20O/c1-12-6-4-2-3-5-7-13(9-8-12)10-11-14/h5-7,11,13H,2-4,8-10H2,1H3/b7-5-,12-6-. The van der Waals surface area contributed by atoms with Gasteiger partial charge in [-0.3, -0.25) is 0 Å². The van der Waals surface area contributed by atoms with E-state index < -0.39 is 0 Å². The van der Waals surface area contributed by atoms with Gasteiger partial charge in [-0.2, -0.15) is 0 Å². The van der Waals surface area contributed by atoms with Gasteiger partial charge < -0.3 is 4.79 Å². The summed E-state index contributed by atoms with van der Waals surface area (Å²) in [4.78, 5) is 10.5. The number of hydrogen-bond acceptors (Lipinski definition) is 1. The summed E-state index contributed by atoms with van der Waals surface area (Å²) in [7, 11) is 0. The molecule has 78 valence electrons. The van der Waals surface area contributed by atoms with Crippen LogP contribution < -0.4 is 0 Å². The number of carbonyl (C=O) groups excluding carboxylic acids is 1. The number of allylic oxidation sites excluding steroid dienone is 4. The zero-order valence-electron chi connectivity index (χ0n) is 9.04. The van der Waals surface area contributed by atoms with Crippen LogP contribution in [-0.2, 0) is 4.79 Å². The molecule has 1 atom stereocenters. The number of aldehydes is 1. The van der Waals surface area contributed by atoms with Crippen LogP contribution >= 0.6 is 0 Å². The van der Waals surface area contributed by atoms with E-state index in [2.05, 4.69) is 25.2 Å². The van der Waals surface area contributed by atoms with Gasteiger partial charge in [-0.15, -0.1) is 0 Å². The predicted molar refractivity (Wildman–Crippen MR) is 60.2 cm³/mol. The van der Waals surface area contributed by atoms with Crippen molar-refractivity contribution in [2.24, 2.45) is 5.92 Å². The molecule has 1 rings (SSSR count). The Morgan fingerprint density at radius 2 is 2.36 bits per heavy atom. The Balaban J connectivity index is 2.50. The van der Waals surface area contributed by atoms with Crippen molar-refractivity contribution in [3.05, 3.63) is 23.8 Å². The fourth-order valence-electron chi connectivity index (χ4n) is 1.80. The summed E-state index contributed by atoms with van der Waals surface area (Å²) in [5.41, 5.74) is 1.48. The molecule has 0 N–H and O–H groups in total. The average Bonchev–Trinajstić information content (AvgIpc) is 2.19. The van der Waals surface area contributed by atoms with Gasteiger partial charge in [0, 0.05) is 6.42 Å². The second-order valence-corrected chi connectivity index (χ2v) is 4.11. The highest BCUT2D eigenvalue weighted by atomic mass is 16.1. The SMILES string of the molecule is C/C1=C/CCC/C=C\C(CC=O)CC1. The summed E-state index contributed by atoms with van der Waals surface area (Å²) in [5.74, 6) is 0.467. The minimum absolute atomic E-state index is 0.467. The van der Waals surface area contributed by atoms with Crippen molar-refractivity contribution >= 4 is 6.29 Å². The maximum atomic E-state index is 10.5. The lowest BCUT2D eigenvalue weighted by Crippen LogP contribution is -1.98. The van der Waals surface area contributed by atoms with Crippen molar-refractivity contribution in [2.45, 2.75) is 45.4 Å². The summed E-state index contributed by atoms with van der Waals surface area (Å²) in [6.07, 6.45) is 14.4. The first-order valence-electron chi connectivity index (χ1n) is 5.59. The van der Waals surface area contributed by atoms with Crippen molar-refractivity contribution in [2.75, 3.05) is 0 Å². The van der Waals surface area contributed by atoms with Crippen molar-refractivity contribution in [1.82, 2.24) is 0 Å². The summed E-state index contributed by atoms with van der Waals surface area (Å²) >= 11 is 0. The smallest absolute Gasteiger partial charge is 0.120 e. The molecule has 1 aliphatic carbocycles. The molecule has 0 radical (unpaired) electrons. The molecule has 1 nitrogen and oxygen atoms in total. The van der Waals surface area contributed by atoms with Gasteiger partial charge in [0.1, 0.15) is 6.29 Å². The lowest BCUT2D eigenvalue weighted by molar-refractivity contribution is -0.108. The molecule has 0 aromatic rings. The van der Waals surface area contributed by atoms with Gasteiger partial charge in [0.2, 0.25) is 0 Å². The van der Waals surface area contributed by atoms with Gasteiger partial charge in [0.05, 0.1) is 0 Å². The van der Waals surface area contributed by atoms with Gasteiger partial charge in [-0.05, 0) is 44.9 Å². The van der Waals surface area contributed by atoms with Crippen molar-refractivity contribution in [3.63, 3.8) is 0 Å². The van der Waals surface area contributed by atoms with Crippen LogP contribution in [0.1, 0.15) is 45.4 Å². The molecule has 0 saturated heterocycles. The van der Waals surface area contributed by atoms with E-state index in [1.807, 2.05) is 0 Å². The largest absolute Gasteiger partial charge is 0.303 e. The third-order valence-corrected chi connectivity index (χ3v) is 2.78. The summed E-state index contributed by atoms with van der Waals surface area (Å²) in [6.45, 7) is 2.20. The van der Waals surface area contributed by atoms with Crippen molar-refractivity contribution in [3.8, 4) is 0 Å². The third kappa shape index (κ3) is 4.40. The zero-order valence-corrected chi connectivity index (χ0v) is 9.04. The molecule has 0 amide bonds. The quantitative estimate of drug-likeness (QED) is 0.482. The maximum absolute atomic E-state index is 10.5. The Labute approximate surface area is 86.9 Å². The van der Waals surface area contributed by atoms with Gasteiger partial charge in [-0.25, -0.2) is 0 Å². The number of hydrogen-bond donors (Lipinski definition) is 0. The molecule has 1 aliphatic rings.